The smallest absolute Gasteiger partial charge is 0.143 e. The second-order valence-corrected chi connectivity index (χ2v) is 4.16. The molecule has 5 nitrogen and oxygen atoms in total. The van der Waals surface area contributed by atoms with Crippen molar-refractivity contribution < 1.29 is 4.52 Å². The minimum Gasteiger partial charge on any atom is -0.365 e. The first-order valence-electron chi connectivity index (χ1n) is 4.36. The van der Waals surface area contributed by atoms with Crippen LogP contribution in [0, 0.1) is 10.5 Å². The highest BCUT2D eigenvalue weighted by Crippen LogP contribution is 2.14. The maximum Gasteiger partial charge on any atom is 0.143 e. The number of anilines is 1. The SMILES string of the molecule is Cc1nocc1CNc1ncncc1I. The van der Waals surface area contributed by atoms with E-state index in [1.54, 1.807) is 12.5 Å². The maximum atomic E-state index is 4.84. The minimum absolute atomic E-state index is 0.655. The Morgan fingerprint density at radius 2 is 2.40 bits per heavy atom. The molecule has 2 aromatic heterocycles. The molecule has 2 aromatic rings. The van der Waals surface area contributed by atoms with Gasteiger partial charge < -0.3 is 9.84 Å². The van der Waals surface area contributed by atoms with Crippen LogP contribution in [-0.4, -0.2) is 15.1 Å². The van der Waals surface area contributed by atoms with Crippen molar-refractivity contribution in [2.45, 2.75) is 13.5 Å². The van der Waals surface area contributed by atoms with E-state index in [4.69, 9.17) is 4.52 Å². The highest BCUT2D eigenvalue weighted by molar-refractivity contribution is 14.1. The van der Waals surface area contributed by atoms with E-state index in [0.717, 1.165) is 20.6 Å². The van der Waals surface area contributed by atoms with E-state index in [1.807, 2.05) is 6.92 Å². The predicted molar refractivity (Wildman–Crippen MR) is 63.3 cm³/mol. The molecule has 0 bridgehead atoms. The zero-order chi connectivity index (χ0) is 10.7. The van der Waals surface area contributed by atoms with E-state index < -0.39 is 0 Å². The van der Waals surface area contributed by atoms with Crippen LogP contribution in [0.3, 0.4) is 0 Å². The third-order valence-electron chi connectivity index (χ3n) is 1.96. The summed E-state index contributed by atoms with van der Waals surface area (Å²) in [5.41, 5.74) is 1.93. The summed E-state index contributed by atoms with van der Waals surface area (Å²) >= 11 is 2.18. The molecule has 0 spiro atoms. The standard InChI is InChI=1S/C9H9IN4O/c1-6-7(4-15-14-6)2-12-9-8(10)3-11-5-13-9/h3-5H,2H2,1H3,(H,11,12,13). The average Bonchev–Trinajstić information content (AvgIpc) is 2.63. The van der Waals surface area contributed by atoms with Gasteiger partial charge in [-0.1, -0.05) is 5.16 Å². The first kappa shape index (κ1) is 10.3. The summed E-state index contributed by atoms with van der Waals surface area (Å²) in [4.78, 5) is 8.04. The van der Waals surface area contributed by atoms with Gasteiger partial charge in [-0.3, -0.25) is 0 Å². The monoisotopic (exact) mass is 316 g/mol. The summed E-state index contributed by atoms with van der Waals surface area (Å²) in [6.45, 7) is 2.56. The van der Waals surface area contributed by atoms with Gasteiger partial charge >= 0.3 is 0 Å². The predicted octanol–water partition coefficient (Wildman–Crippen LogP) is 1.99. The number of nitrogens with zero attached hydrogens (tertiary/aromatic N) is 3. The summed E-state index contributed by atoms with van der Waals surface area (Å²) in [5, 5.41) is 7.00. The van der Waals surface area contributed by atoms with Gasteiger partial charge in [-0.15, -0.1) is 0 Å². The first-order valence-corrected chi connectivity index (χ1v) is 5.44. The molecule has 15 heavy (non-hydrogen) atoms. The van der Waals surface area contributed by atoms with E-state index in [0.29, 0.717) is 6.54 Å². The largest absolute Gasteiger partial charge is 0.365 e. The van der Waals surface area contributed by atoms with Gasteiger partial charge in [0.1, 0.15) is 18.4 Å². The van der Waals surface area contributed by atoms with Gasteiger partial charge in [0.05, 0.1) is 9.26 Å². The molecule has 0 unspecified atom stereocenters. The van der Waals surface area contributed by atoms with Gasteiger partial charge in [0, 0.05) is 18.3 Å². The Kier molecular flexibility index (Phi) is 3.14. The van der Waals surface area contributed by atoms with Crippen LogP contribution in [0.2, 0.25) is 0 Å². The number of aryl methyl sites for hydroxylation is 1. The molecule has 0 radical (unpaired) electrons. The molecule has 78 valence electrons. The summed E-state index contributed by atoms with van der Waals surface area (Å²) in [7, 11) is 0. The Hall–Kier alpha value is -1.18. The molecule has 2 heterocycles. The lowest BCUT2D eigenvalue weighted by Gasteiger charge is -2.04. The van der Waals surface area contributed by atoms with Crippen molar-refractivity contribution in [3.63, 3.8) is 0 Å². The van der Waals surface area contributed by atoms with Crippen molar-refractivity contribution in [1.29, 1.82) is 0 Å². The van der Waals surface area contributed by atoms with Crippen LogP contribution in [-0.2, 0) is 6.54 Å². The van der Waals surface area contributed by atoms with Crippen molar-refractivity contribution in [1.82, 2.24) is 15.1 Å². The minimum atomic E-state index is 0.655. The summed E-state index contributed by atoms with van der Waals surface area (Å²) in [6.07, 6.45) is 4.91. The lowest BCUT2D eigenvalue weighted by molar-refractivity contribution is 0.414. The third kappa shape index (κ3) is 2.44. The summed E-state index contributed by atoms with van der Waals surface area (Å²) < 4.78 is 5.83. The summed E-state index contributed by atoms with van der Waals surface area (Å²) in [5.74, 6) is 0.825. The molecule has 2 rings (SSSR count). The van der Waals surface area contributed by atoms with E-state index in [2.05, 4.69) is 43.0 Å². The summed E-state index contributed by atoms with van der Waals surface area (Å²) in [6, 6.07) is 0. The number of aromatic nitrogens is 3. The molecule has 0 fully saturated rings. The molecular formula is C9H9IN4O. The Morgan fingerprint density at radius 3 is 3.07 bits per heavy atom. The van der Waals surface area contributed by atoms with Crippen LogP contribution >= 0.6 is 22.6 Å². The van der Waals surface area contributed by atoms with Crippen LogP contribution in [0.4, 0.5) is 5.82 Å². The molecule has 0 saturated carbocycles. The van der Waals surface area contributed by atoms with Crippen molar-refractivity contribution >= 4 is 28.4 Å². The van der Waals surface area contributed by atoms with E-state index >= 15 is 0 Å². The lowest BCUT2D eigenvalue weighted by Crippen LogP contribution is -2.03. The lowest BCUT2D eigenvalue weighted by atomic mass is 10.3. The second kappa shape index (κ2) is 4.56. The van der Waals surface area contributed by atoms with Crippen molar-refractivity contribution in [3.05, 3.63) is 33.6 Å². The highest BCUT2D eigenvalue weighted by atomic mass is 127. The Balaban J connectivity index is 2.06. The number of nitrogens with one attached hydrogen (secondary N) is 1. The van der Waals surface area contributed by atoms with Gasteiger partial charge in [0.2, 0.25) is 0 Å². The van der Waals surface area contributed by atoms with Crippen molar-refractivity contribution in [2.75, 3.05) is 5.32 Å². The molecule has 6 heteroatoms. The highest BCUT2D eigenvalue weighted by Gasteiger charge is 2.04. The second-order valence-electron chi connectivity index (χ2n) is 3.00. The quantitative estimate of drug-likeness (QED) is 0.878. The van der Waals surface area contributed by atoms with Gasteiger partial charge in [-0.2, -0.15) is 0 Å². The number of rotatable bonds is 3. The van der Waals surface area contributed by atoms with Crippen LogP contribution in [0.25, 0.3) is 0 Å². The Morgan fingerprint density at radius 1 is 1.53 bits per heavy atom. The molecule has 0 saturated heterocycles. The van der Waals surface area contributed by atoms with Crippen LogP contribution in [0.1, 0.15) is 11.3 Å². The average molecular weight is 316 g/mol. The van der Waals surface area contributed by atoms with Gasteiger partial charge in [-0.05, 0) is 29.5 Å². The first-order chi connectivity index (χ1) is 7.27. The molecule has 0 aliphatic carbocycles. The number of halogens is 1. The molecular weight excluding hydrogens is 307 g/mol. The van der Waals surface area contributed by atoms with E-state index in [-0.39, 0.29) is 0 Å². The maximum absolute atomic E-state index is 4.84. The van der Waals surface area contributed by atoms with Gasteiger partial charge in [0.25, 0.3) is 0 Å². The van der Waals surface area contributed by atoms with Gasteiger partial charge in [0.15, 0.2) is 0 Å². The van der Waals surface area contributed by atoms with E-state index in [9.17, 15) is 0 Å². The Labute approximate surface area is 100 Å². The third-order valence-corrected chi connectivity index (χ3v) is 2.75. The molecule has 0 aromatic carbocycles. The molecule has 0 aliphatic heterocycles. The molecule has 1 N–H and O–H groups in total. The Bertz CT molecular complexity index is 457. The van der Waals surface area contributed by atoms with Crippen LogP contribution < -0.4 is 5.32 Å². The normalized spacial score (nSPS) is 10.3. The van der Waals surface area contributed by atoms with Gasteiger partial charge in [-0.25, -0.2) is 9.97 Å². The fourth-order valence-corrected chi connectivity index (χ4v) is 1.59. The van der Waals surface area contributed by atoms with Crippen LogP contribution in [0.15, 0.2) is 23.3 Å². The topological polar surface area (TPSA) is 63.8 Å². The van der Waals surface area contributed by atoms with Crippen molar-refractivity contribution in [2.24, 2.45) is 0 Å². The fourth-order valence-electron chi connectivity index (χ4n) is 1.10. The molecule has 0 amide bonds. The zero-order valence-electron chi connectivity index (χ0n) is 8.07. The van der Waals surface area contributed by atoms with E-state index in [1.165, 1.54) is 6.33 Å². The van der Waals surface area contributed by atoms with Crippen molar-refractivity contribution in [3.8, 4) is 0 Å². The number of hydrogen-bond donors (Lipinski definition) is 1. The fraction of sp³-hybridized carbons (Fsp3) is 0.222. The zero-order valence-corrected chi connectivity index (χ0v) is 10.2. The molecule has 0 aliphatic rings. The van der Waals surface area contributed by atoms with Crippen LogP contribution in [0.5, 0.6) is 0 Å². The number of hydrogen-bond acceptors (Lipinski definition) is 5. The molecule has 0 atom stereocenters.